The molecule has 1 unspecified atom stereocenters. The lowest BCUT2D eigenvalue weighted by atomic mass is 10.1. The summed E-state index contributed by atoms with van der Waals surface area (Å²) in [5.74, 6) is 0. The van der Waals surface area contributed by atoms with Gasteiger partial charge in [-0.1, -0.05) is 11.6 Å². The van der Waals surface area contributed by atoms with E-state index in [-0.39, 0.29) is 0 Å². The van der Waals surface area contributed by atoms with Crippen LogP contribution in [-0.2, 0) is 6.54 Å². The Balaban J connectivity index is 1.93. The van der Waals surface area contributed by atoms with Crippen molar-refractivity contribution in [1.82, 2.24) is 15.2 Å². The Hall–Kier alpha value is -0.640. The number of hydrogen-bond donors (Lipinski definition) is 1. The van der Waals surface area contributed by atoms with Crippen molar-refractivity contribution in [2.75, 3.05) is 20.1 Å². The van der Waals surface area contributed by atoms with Gasteiger partial charge in [0.2, 0.25) is 0 Å². The van der Waals surface area contributed by atoms with Crippen molar-refractivity contribution >= 4 is 11.6 Å². The monoisotopic (exact) mass is 253 g/mol. The van der Waals surface area contributed by atoms with Gasteiger partial charge in [0.15, 0.2) is 0 Å². The number of hydrogen-bond acceptors (Lipinski definition) is 3. The minimum Gasteiger partial charge on any atom is -0.317 e. The first-order valence-corrected chi connectivity index (χ1v) is 6.65. The Labute approximate surface area is 108 Å². The van der Waals surface area contributed by atoms with E-state index in [2.05, 4.69) is 22.2 Å². The van der Waals surface area contributed by atoms with Gasteiger partial charge in [-0.3, -0.25) is 9.88 Å². The fourth-order valence-electron chi connectivity index (χ4n) is 2.36. The second-order valence-corrected chi connectivity index (χ2v) is 5.15. The van der Waals surface area contributed by atoms with E-state index in [1.807, 2.05) is 12.1 Å². The number of halogens is 1. The highest BCUT2D eigenvalue weighted by Gasteiger charge is 2.17. The third-order valence-corrected chi connectivity index (χ3v) is 3.59. The molecule has 0 amide bonds. The number of rotatable bonds is 3. The molecule has 1 aromatic heterocycles. The quantitative estimate of drug-likeness (QED) is 0.896. The molecule has 1 N–H and O–H groups in total. The lowest BCUT2D eigenvalue weighted by Gasteiger charge is -2.26. The van der Waals surface area contributed by atoms with Crippen LogP contribution < -0.4 is 5.32 Å². The Bertz CT molecular complexity index is 348. The molecule has 0 aliphatic carbocycles. The predicted octanol–water partition coefficient (Wildman–Crippen LogP) is 2.31. The summed E-state index contributed by atoms with van der Waals surface area (Å²) in [7, 11) is 2.18. The zero-order chi connectivity index (χ0) is 12.1. The molecular weight excluding hydrogens is 234 g/mol. The maximum absolute atomic E-state index is 5.97. The third kappa shape index (κ3) is 3.95. The van der Waals surface area contributed by atoms with Gasteiger partial charge in [0.05, 0.1) is 5.69 Å². The van der Waals surface area contributed by atoms with E-state index >= 15 is 0 Å². The molecule has 1 aromatic rings. The van der Waals surface area contributed by atoms with Crippen molar-refractivity contribution in [2.24, 2.45) is 0 Å². The lowest BCUT2D eigenvalue weighted by Crippen LogP contribution is -2.32. The molecule has 17 heavy (non-hydrogen) atoms. The number of pyridine rings is 1. The molecule has 4 heteroatoms. The van der Waals surface area contributed by atoms with Crippen LogP contribution >= 0.6 is 11.6 Å². The van der Waals surface area contributed by atoms with E-state index in [1.54, 1.807) is 6.20 Å². The molecule has 1 saturated heterocycles. The van der Waals surface area contributed by atoms with Crippen molar-refractivity contribution in [3.63, 3.8) is 0 Å². The molecule has 2 rings (SSSR count). The van der Waals surface area contributed by atoms with Gasteiger partial charge in [-0.2, -0.15) is 0 Å². The predicted molar refractivity (Wildman–Crippen MR) is 71.2 cm³/mol. The van der Waals surface area contributed by atoms with Crippen LogP contribution in [-0.4, -0.2) is 36.1 Å². The van der Waals surface area contributed by atoms with E-state index in [4.69, 9.17) is 11.6 Å². The van der Waals surface area contributed by atoms with Crippen LogP contribution in [0.3, 0.4) is 0 Å². The summed E-state index contributed by atoms with van der Waals surface area (Å²) in [6, 6.07) is 4.43. The van der Waals surface area contributed by atoms with E-state index < -0.39 is 0 Å². The Kier molecular flexibility index (Phi) is 4.77. The first kappa shape index (κ1) is 12.8. The summed E-state index contributed by atoms with van der Waals surface area (Å²) in [4.78, 5) is 6.75. The van der Waals surface area contributed by atoms with E-state index in [0.717, 1.165) is 30.4 Å². The Morgan fingerprint density at radius 1 is 1.47 bits per heavy atom. The maximum atomic E-state index is 5.97. The van der Waals surface area contributed by atoms with Crippen LogP contribution in [0.25, 0.3) is 0 Å². The van der Waals surface area contributed by atoms with Crippen molar-refractivity contribution in [3.05, 3.63) is 29.0 Å². The molecule has 94 valence electrons. The molecule has 1 aliphatic rings. The maximum Gasteiger partial charge on any atom is 0.0558 e. The molecule has 0 radical (unpaired) electrons. The van der Waals surface area contributed by atoms with Crippen LogP contribution in [0.4, 0.5) is 0 Å². The average molecular weight is 254 g/mol. The second-order valence-electron chi connectivity index (χ2n) is 4.72. The van der Waals surface area contributed by atoms with Crippen LogP contribution in [0.1, 0.15) is 25.0 Å². The second kappa shape index (κ2) is 6.34. The van der Waals surface area contributed by atoms with Crippen molar-refractivity contribution in [1.29, 1.82) is 0 Å². The standard InChI is InChI=1S/C13H20ClN3/c1-17(13-3-2-6-15-7-5-13)10-12-9-11(14)4-8-16-12/h4,8-9,13,15H,2-3,5-7,10H2,1H3. The van der Waals surface area contributed by atoms with Gasteiger partial charge in [-0.05, 0) is 51.5 Å². The summed E-state index contributed by atoms with van der Waals surface area (Å²) in [5, 5.41) is 4.21. The molecule has 2 heterocycles. The van der Waals surface area contributed by atoms with Gasteiger partial charge in [-0.25, -0.2) is 0 Å². The van der Waals surface area contributed by atoms with Gasteiger partial charge >= 0.3 is 0 Å². The van der Waals surface area contributed by atoms with Crippen molar-refractivity contribution in [2.45, 2.75) is 31.8 Å². The molecular formula is C13H20ClN3. The zero-order valence-corrected chi connectivity index (χ0v) is 11.1. The number of nitrogens with zero attached hydrogens (tertiary/aromatic N) is 2. The highest BCUT2D eigenvalue weighted by Crippen LogP contribution is 2.15. The molecule has 0 bridgehead atoms. The van der Waals surface area contributed by atoms with Gasteiger partial charge < -0.3 is 5.32 Å². The van der Waals surface area contributed by atoms with Gasteiger partial charge in [-0.15, -0.1) is 0 Å². The molecule has 0 aromatic carbocycles. The highest BCUT2D eigenvalue weighted by molar-refractivity contribution is 6.30. The van der Waals surface area contributed by atoms with Crippen LogP contribution in [0, 0.1) is 0 Å². The summed E-state index contributed by atoms with van der Waals surface area (Å²) >= 11 is 5.97. The van der Waals surface area contributed by atoms with Gasteiger partial charge in [0.1, 0.15) is 0 Å². The first-order valence-electron chi connectivity index (χ1n) is 6.27. The molecule has 1 atom stereocenters. The highest BCUT2D eigenvalue weighted by atomic mass is 35.5. The fraction of sp³-hybridized carbons (Fsp3) is 0.615. The van der Waals surface area contributed by atoms with Crippen molar-refractivity contribution in [3.8, 4) is 0 Å². The van der Waals surface area contributed by atoms with Crippen LogP contribution in [0.15, 0.2) is 18.3 Å². The van der Waals surface area contributed by atoms with Gasteiger partial charge in [0.25, 0.3) is 0 Å². The first-order chi connectivity index (χ1) is 8.25. The smallest absolute Gasteiger partial charge is 0.0558 e. The molecule has 0 spiro atoms. The average Bonchev–Trinajstić information content (AvgIpc) is 2.57. The Morgan fingerprint density at radius 3 is 3.18 bits per heavy atom. The van der Waals surface area contributed by atoms with Crippen LogP contribution in [0.5, 0.6) is 0 Å². The topological polar surface area (TPSA) is 28.2 Å². The largest absolute Gasteiger partial charge is 0.317 e. The number of nitrogens with one attached hydrogen (secondary N) is 1. The summed E-state index contributed by atoms with van der Waals surface area (Å²) < 4.78 is 0. The number of aromatic nitrogens is 1. The Morgan fingerprint density at radius 2 is 2.35 bits per heavy atom. The van der Waals surface area contributed by atoms with Crippen LogP contribution in [0.2, 0.25) is 5.02 Å². The minimum atomic E-state index is 0.658. The lowest BCUT2D eigenvalue weighted by molar-refractivity contribution is 0.214. The summed E-state index contributed by atoms with van der Waals surface area (Å²) in [5.41, 5.74) is 1.05. The molecule has 1 fully saturated rings. The summed E-state index contributed by atoms with van der Waals surface area (Å²) in [6.45, 7) is 3.16. The van der Waals surface area contributed by atoms with Gasteiger partial charge in [0, 0.05) is 23.8 Å². The van der Waals surface area contributed by atoms with E-state index in [0.29, 0.717) is 6.04 Å². The molecule has 0 saturated carbocycles. The zero-order valence-electron chi connectivity index (χ0n) is 10.3. The normalized spacial score (nSPS) is 21.5. The van der Waals surface area contributed by atoms with E-state index in [9.17, 15) is 0 Å². The minimum absolute atomic E-state index is 0.658. The van der Waals surface area contributed by atoms with E-state index in [1.165, 1.54) is 19.3 Å². The molecule has 1 aliphatic heterocycles. The summed E-state index contributed by atoms with van der Waals surface area (Å²) in [6.07, 6.45) is 5.53. The molecule has 3 nitrogen and oxygen atoms in total. The SMILES string of the molecule is CN(Cc1cc(Cl)ccn1)C1CCCNCC1. The third-order valence-electron chi connectivity index (χ3n) is 3.36. The fourth-order valence-corrected chi connectivity index (χ4v) is 2.54. The van der Waals surface area contributed by atoms with Crippen molar-refractivity contribution < 1.29 is 0 Å².